The number of aromatic nitrogens is 4. The SMILES string of the molecule is OCCc1nnnn1-c1cccc(Br)c1. The fourth-order valence-electron chi connectivity index (χ4n) is 1.27. The highest BCUT2D eigenvalue weighted by Gasteiger charge is 2.07. The maximum absolute atomic E-state index is 8.85. The molecule has 0 aliphatic carbocycles. The lowest BCUT2D eigenvalue weighted by atomic mass is 10.3. The van der Waals surface area contributed by atoms with Gasteiger partial charge in [-0.1, -0.05) is 22.0 Å². The van der Waals surface area contributed by atoms with Crippen LogP contribution in [0.2, 0.25) is 0 Å². The molecular formula is C9H9BrN4O. The summed E-state index contributed by atoms with van der Waals surface area (Å²) >= 11 is 3.38. The first-order valence-electron chi connectivity index (χ1n) is 4.45. The minimum absolute atomic E-state index is 0.0361. The summed E-state index contributed by atoms with van der Waals surface area (Å²) in [6, 6.07) is 7.66. The molecule has 0 unspecified atom stereocenters. The van der Waals surface area contributed by atoms with Crippen LogP contribution in [-0.4, -0.2) is 31.9 Å². The first-order valence-corrected chi connectivity index (χ1v) is 5.24. The molecule has 0 saturated heterocycles. The van der Waals surface area contributed by atoms with Crippen molar-refractivity contribution in [1.29, 1.82) is 0 Å². The van der Waals surface area contributed by atoms with Gasteiger partial charge in [-0.05, 0) is 28.6 Å². The largest absolute Gasteiger partial charge is 0.396 e. The first kappa shape index (κ1) is 10.3. The van der Waals surface area contributed by atoms with E-state index in [1.165, 1.54) is 0 Å². The molecule has 6 heteroatoms. The van der Waals surface area contributed by atoms with Crippen molar-refractivity contribution < 1.29 is 5.11 Å². The van der Waals surface area contributed by atoms with E-state index in [0.717, 1.165) is 10.2 Å². The van der Waals surface area contributed by atoms with Gasteiger partial charge in [0.25, 0.3) is 0 Å². The molecule has 0 bridgehead atoms. The molecule has 15 heavy (non-hydrogen) atoms. The zero-order chi connectivity index (χ0) is 10.7. The van der Waals surface area contributed by atoms with Gasteiger partial charge in [-0.2, -0.15) is 4.68 Å². The standard InChI is InChI=1S/C9H9BrN4O/c10-7-2-1-3-8(6-7)14-9(4-5-15)11-12-13-14/h1-3,6,15H,4-5H2. The predicted molar refractivity (Wildman–Crippen MR) is 57.6 cm³/mol. The van der Waals surface area contributed by atoms with Gasteiger partial charge in [0.05, 0.1) is 12.3 Å². The van der Waals surface area contributed by atoms with Crippen LogP contribution in [0.5, 0.6) is 0 Å². The predicted octanol–water partition coefficient (Wildman–Crippen LogP) is 0.960. The maximum atomic E-state index is 8.85. The van der Waals surface area contributed by atoms with Crippen molar-refractivity contribution in [3.05, 3.63) is 34.6 Å². The van der Waals surface area contributed by atoms with Crippen molar-refractivity contribution in [3.8, 4) is 5.69 Å². The number of hydrogen-bond acceptors (Lipinski definition) is 4. The lowest BCUT2D eigenvalue weighted by molar-refractivity contribution is 0.295. The molecule has 0 aliphatic heterocycles. The van der Waals surface area contributed by atoms with Crippen LogP contribution >= 0.6 is 15.9 Å². The van der Waals surface area contributed by atoms with Crippen molar-refractivity contribution in [2.75, 3.05) is 6.61 Å². The molecule has 78 valence electrons. The van der Waals surface area contributed by atoms with E-state index in [4.69, 9.17) is 5.11 Å². The molecule has 1 heterocycles. The highest BCUT2D eigenvalue weighted by Crippen LogP contribution is 2.15. The minimum atomic E-state index is 0.0361. The summed E-state index contributed by atoms with van der Waals surface area (Å²) < 4.78 is 2.58. The van der Waals surface area contributed by atoms with E-state index in [1.807, 2.05) is 24.3 Å². The van der Waals surface area contributed by atoms with Gasteiger partial charge in [0.2, 0.25) is 0 Å². The smallest absolute Gasteiger partial charge is 0.158 e. The second-order valence-corrected chi connectivity index (χ2v) is 3.88. The maximum Gasteiger partial charge on any atom is 0.158 e. The quantitative estimate of drug-likeness (QED) is 0.901. The van der Waals surface area contributed by atoms with E-state index in [1.54, 1.807) is 4.68 Å². The molecule has 0 spiro atoms. The Bertz CT molecular complexity index is 457. The van der Waals surface area contributed by atoms with E-state index in [9.17, 15) is 0 Å². The summed E-state index contributed by atoms with van der Waals surface area (Å²) in [4.78, 5) is 0. The van der Waals surface area contributed by atoms with Crippen LogP contribution in [0, 0.1) is 0 Å². The van der Waals surface area contributed by atoms with Gasteiger partial charge in [0, 0.05) is 10.9 Å². The number of nitrogens with zero attached hydrogens (tertiary/aromatic N) is 4. The van der Waals surface area contributed by atoms with Crippen LogP contribution in [0.4, 0.5) is 0 Å². The fourth-order valence-corrected chi connectivity index (χ4v) is 1.66. The second-order valence-electron chi connectivity index (χ2n) is 2.96. The fraction of sp³-hybridized carbons (Fsp3) is 0.222. The molecular weight excluding hydrogens is 260 g/mol. The van der Waals surface area contributed by atoms with Crippen LogP contribution in [0.15, 0.2) is 28.7 Å². The molecule has 2 rings (SSSR count). The van der Waals surface area contributed by atoms with Crippen molar-refractivity contribution in [3.63, 3.8) is 0 Å². The Morgan fingerprint density at radius 1 is 1.40 bits per heavy atom. The molecule has 0 fully saturated rings. The molecule has 2 aromatic rings. The van der Waals surface area contributed by atoms with Crippen LogP contribution in [0.1, 0.15) is 5.82 Å². The Labute approximate surface area is 94.9 Å². The molecule has 0 saturated carbocycles. The Morgan fingerprint density at radius 3 is 3.00 bits per heavy atom. The zero-order valence-electron chi connectivity index (χ0n) is 7.84. The summed E-state index contributed by atoms with van der Waals surface area (Å²) in [5, 5.41) is 20.1. The van der Waals surface area contributed by atoms with Crippen molar-refractivity contribution in [1.82, 2.24) is 20.2 Å². The Balaban J connectivity index is 2.40. The third-order valence-corrected chi connectivity index (χ3v) is 2.42. The lowest BCUT2D eigenvalue weighted by Crippen LogP contribution is -2.05. The number of halogens is 1. The Kier molecular flexibility index (Phi) is 3.08. The number of aliphatic hydroxyl groups excluding tert-OH is 1. The molecule has 1 aromatic heterocycles. The number of benzene rings is 1. The molecule has 5 nitrogen and oxygen atoms in total. The number of hydrogen-bond donors (Lipinski definition) is 1. The molecule has 0 atom stereocenters. The van der Waals surface area contributed by atoms with E-state index in [-0.39, 0.29) is 6.61 Å². The highest BCUT2D eigenvalue weighted by molar-refractivity contribution is 9.10. The number of rotatable bonds is 3. The van der Waals surface area contributed by atoms with Gasteiger partial charge in [-0.3, -0.25) is 0 Å². The van der Waals surface area contributed by atoms with Crippen LogP contribution < -0.4 is 0 Å². The number of tetrazole rings is 1. The van der Waals surface area contributed by atoms with E-state index in [2.05, 4.69) is 31.5 Å². The van der Waals surface area contributed by atoms with E-state index >= 15 is 0 Å². The van der Waals surface area contributed by atoms with Gasteiger partial charge < -0.3 is 5.11 Å². The van der Waals surface area contributed by atoms with Gasteiger partial charge >= 0.3 is 0 Å². The summed E-state index contributed by atoms with van der Waals surface area (Å²) in [5.74, 6) is 0.649. The van der Waals surface area contributed by atoms with Gasteiger partial charge in [-0.25, -0.2) is 0 Å². The monoisotopic (exact) mass is 268 g/mol. The molecule has 1 aromatic carbocycles. The Morgan fingerprint density at radius 2 is 2.27 bits per heavy atom. The first-order chi connectivity index (χ1) is 7.31. The molecule has 1 N–H and O–H groups in total. The molecule has 0 radical (unpaired) electrons. The van der Waals surface area contributed by atoms with Crippen LogP contribution in [0.25, 0.3) is 5.69 Å². The lowest BCUT2D eigenvalue weighted by Gasteiger charge is -2.03. The second kappa shape index (κ2) is 4.50. The summed E-state index contributed by atoms with van der Waals surface area (Å²) in [6.45, 7) is 0.0361. The van der Waals surface area contributed by atoms with E-state index < -0.39 is 0 Å². The zero-order valence-corrected chi connectivity index (χ0v) is 9.42. The average Bonchev–Trinajstić information content (AvgIpc) is 2.66. The summed E-state index contributed by atoms with van der Waals surface area (Å²) in [7, 11) is 0. The van der Waals surface area contributed by atoms with Crippen LogP contribution in [-0.2, 0) is 6.42 Å². The van der Waals surface area contributed by atoms with Crippen molar-refractivity contribution in [2.24, 2.45) is 0 Å². The Hall–Kier alpha value is -1.27. The summed E-state index contributed by atoms with van der Waals surface area (Å²) in [6.07, 6.45) is 0.444. The molecule has 0 aliphatic rings. The van der Waals surface area contributed by atoms with Gasteiger partial charge in [0.15, 0.2) is 5.82 Å². The van der Waals surface area contributed by atoms with Crippen molar-refractivity contribution >= 4 is 15.9 Å². The average molecular weight is 269 g/mol. The topological polar surface area (TPSA) is 63.8 Å². The third kappa shape index (κ3) is 2.21. The normalized spacial score (nSPS) is 10.5. The van der Waals surface area contributed by atoms with Crippen LogP contribution in [0.3, 0.4) is 0 Å². The third-order valence-electron chi connectivity index (χ3n) is 1.92. The minimum Gasteiger partial charge on any atom is -0.396 e. The number of aliphatic hydroxyl groups is 1. The van der Waals surface area contributed by atoms with Gasteiger partial charge in [0.1, 0.15) is 0 Å². The molecule has 0 amide bonds. The van der Waals surface area contributed by atoms with E-state index in [0.29, 0.717) is 12.2 Å². The van der Waals surface area contributed by atoms with Crippen molar-refractivity contribution in [2.45, 2.75) is 6.42 Å². The van der Waals surface area contributed by atoms with Gasteiger partial charge in [-0.15, -0.1) is 5.10 Å². The highest BCUT2D eigenvalue weighted by atomic mass is 79.9. The summed E-state index contributed by atoms with van der Waals surface area (Å²) in [5.41, 5.74) is 0.873.